The van der Waals surface area contributed by atoms with E-state index in [4.69, 9.17) is 10.5 Å². The molecule has 1 rings (SSSR count). The van der Waals surface area contributed by atoms with Crippen molar-refractivity contribution in [2.75, 3.05) is 47.4 Å². The third-order valence-electron chi connectivity index (χ3n) is 3.70. The van der Waals surface area contributed by atoms with Gasteiger partial charge in [0.2, 0.25) is 5.91 Å². The van der Waals surface area contributed by atoms with Gasteiger partial charge in [-0.15, -0.1) is 0 Å². The first-order valence-corrected chi connectivity index (χ1v) is 6.72. The molecule has 5 nitrogen and oxygen atoms in total. The second kappa shape index (κ2) is 7.71. The first-order chi connectivity index (χ1) is 8.54. The predicted octanol–water partition coefficient (Wildman–Crippen LogP) is 0.150. The van der Waals surface area contributed by atoms with E-state index in [0.29, 0.717) is 18.9 Å². The second-order valence-corrected chi connectivity index (χ2v) is 5.35. The van der Waals surface area contributed by atoms with Crippen LogP contribution in [0.5, 0.6) is 0 Å². The number of methoxy groups -OCH3 is 1. The number of nitrogens with two attached hydrogens (primary N) is 1. The molecule has 106 valence electrons. The molecule has 1 aliphatic heterocycles. The summed E-state index contributed by atoms with van der Waals surface area (Å²) >= 11 is 0. The van der Waals surface area contributed by atoms with Gasteiger partial charge in [0, 0.05) is 27.3 Å². The zero-order chi connectivity index (χ0) is 13.5. The molecule has 0 aromatic rings. The van der Waals surface area contributed by atoms with E-state index in [1.54, 1.807) is 12.0 Å². The van der Waals surface area contributed by atoms with Crippen molar-refractivity contribution in [2.45, 2.75) is 25.3 Å². The summed E-state index contributed by atoms with van der Waals surface area (Å²) in [6.07, 6.45) is 2.93. The van der Waals surface area contributed by atoms with Gasteiger partial charge in [-0.1, -0.05) is 0 Å². The van der Waals surface area contributed by atoms with Crippen molar-refractivity contribution in [3.63, 3.8) is 0 Å². The zero-order valence-electron chi connectivity index (χ0n) is 11.9. The van der Waals surface area contributed by atoms with Crippen molar-refractivity contribution < 1.29 is 9.53 Å². The minimum atomic E-state index is -0.429. The molecule has 0 bridgehead atoms. The average molecular weight is 257 g/mol. The van der Waals surface area contributed by atoms with E-state index in [-0.39, 0.29) is 5.91 Å². The fourth-order valence-electron chi connectivity index (χ4n) is 2.37. The smallest absolute Gasteiger partial charge is 0.239 e. The molecule has 0 radical (unpaired) electrons. The number of carbonyl (C=O) groups is 1. The van der Waals surface area contributed by atoms with Crippen molar-refractivity contribution in [1.29, 1.82) is 0 Å². The molecule has 5 heteroatoms. The molecule has 0 aliphatic carbocycles. The summed E-state index contributed by atoms with van der Waals surface area (Å²) in [5.74, 6) is 0.649. The Labute approximate surface area is 110 Å². The van der Waals surface area contributed by atoms with Crippen LogP contribution < -0.4 is 5.73 Å². The van der Waals surface area contributed by atoms with E-state index in [9.17, 15) is 4.79 Å². The standard InChI is InChI=1S/C13H27N3O2/c1-15-7-4-11(5-8-15)10-16(2)13(17)12(14)6-9-18-3/h11-12H,4-10,14H2,1-3H3. The Hall–Kier alpha value is -0.650. The quantitative estimate of drug-likeness (QED) is 0.736. The molecule has 1 unspecified atom stereocenters. The molecular formula is C13H27N3O2. The zero-order valence-corrected chi connectivity index (χ0v) is 11.9. The van der Waals surface area contributed by atoms with E-state index in [2.05, 4.69) is 11.9 Å². The molecule has 1 heterocycles. The van der Waals surface area contributed by atoms with Gasteiger partial charge in [0.05, 0.1) is 6.04 Å². The van der Waals surface area contributed by atoms with Gasteiger partial charge in [0.25, 0.3) is 0 Å². The van der Waals surface area contributed by atoms with E-state index >= 15 is 0 Å². The lowest BCUT2D eigenvalue weighted by atomic mass is 9.96. The van der Waals surface area contributed by atoms with E-state index < -0.39 is 6.04 Å². The van der Waals surface area contributed by atoms with Gasteiger partial charge >= 0.3 is 0 Å². The van der Waals surface area contributed by atoms with E-state index in [1.807, 2.05) is 7.05 Å². The lowest BCUT2D eigenvalue weighted by Gasteiger charge is -2.32. The Morgan fingerprint density at radius 3 is 2.67 bits per heavy atom. The number of carbonyl (C=O) groups excluding carboxylic acids is 1. The van der Waals surface area contributed by atoms with Crippen molar-refractivity contribution in [2.24, 2.45) is 11.7 Å². The largest absolute Gasteiger partial charge is 0.385 e. The average Bonchev–Trinajstić information content (AvgIpc) is 2.37. The van der Waals surface area contributed by atoms with Crippen LogP contribution in [-0.4, -0.2) is 69.2 Å². The Bertz CT molecular complexity index is 253. The van der Waals surface area contributed by atoms with Gasteiger partial charge < -0.3 is 20.3 Å². The molecule has 2 N–H and O–H groups in total. The van der Waals surface area contributed by atoms with Gasteiger partial charge in [0.15, 0.2) is 0 Å². The highest BCUT2D eigenvalue weighted by Crippen LogP contribution is 2.17. The van der Waals surface area contributed by atoms with E-state index in [1.165, 1.54) is 12.8 Å². The minimum Gasteiger partial charge on any atom is -0.385 e. The third kappa shape index (κ3) is 4.92. The van der Waals surface area contributed by atoms with Crippen LogP contribution in [0.3, 0.4) is 0 Å². The number of hydrogen-bond donors (Lipinski definition) is 1. The van der Waals surface area contributed by atoms with Crippen LogP contribution in [0.25, 0.3) is 0 Å². The number of hydrogen-bond acceptors (Lipinski definition) is 4. The van der Waals surface area contributed by atoms with Gasteiger partial charge in [-0.25, -0.2) is 0 Å². The summed E-state index contributed by atoms with van der Waals surface area (Å²) in [6, 6.07) is -0.429. The first kappa shape index (κ1) is 15.4. The molecule has 0 aromatic heterocycles. The number of likely N-dealkylation sites (N-methyl/N-ethyl adjacent to an activating group) is 1. The second-order valence-electron chi connectivity index (χ2n) is 5.35. The maximum atomic E-state index is 12.0. The Kier molecular flexibility index (Phi) is 6.60. The maximum absolute atomic E-state index is 12.0. The van der Waals surface area contributed by atoms with Crippen LogP contribution in [0, 0.1) is 5.92 Å². The summed E-state index contributed by atoms with van der Waals surface area (Å²) in [6.45, 7) is 3.62. The van der Waals surface area contributed by atoms with Crippen LogP contribution in [0.1, 0.15) is 19.3 Å². The van der Waals surface area contributed by atoms with Gasteiger partial charge in [0.1, 0.15) is 0 Å². The fourth-order valence-corrected chi connectivity index (χ4v) is 2.37. The topological polar surface area (TPSA) is 58.8 Å². The van der Waals surface area contributed by atoms with Crippen molar-refractivity contribution in [1.82, 2.24) is 9.80 Å². The Morgan fingerprint density at radius 2 is 2.11 bits per heavy atom. The van der Waals surface area contributed by atoms with Crippen molar-refractivity contribution in [3.8, 4) is 0 Å². The molecule has 1 atom stereocenters. The van der Waals surface area contributed by atoms with Crippen LogP contribution >= 0.6 is 0 Å². The van der Waals surface area contributed by atoms with Gasteiger partial charge in [-0.3, -0.25) is 4.79 Å². The molecule has 1 fully saturated rings. The number of rotatable bonds is 6. The molecule has 1 saturated heterocycles. The van der Waals surface area contributed by atoms with Crippen LogP contribution in [0.15, 0.2) is 0 Å². The molecule has 1 amide bonds. The maximum Gasteiger partial charge on any atom is 0.239 e. The molecular weight excluding hydrogens is 230 g/mol. The summed E-state index contributed by atoms with van der Waals surface area (Å²) < 4.78 is 4.95. The SMILES string of the molecule is COCCC(N)C(=O)N(C)CC1CCN(C)CC1. The van der Waals surface area contributed by atoms with E-state index in [0.717, 1.165) is 19.6 Å². The number of ether oxygens (including phenoxy) is 1. The third-order valence-corrected chi connectivity index (χ3v) is 3.70. The highest BCUT2D eigenvalue weighted by atomic mass is 16.5. The lowest BCUT2D eigenvalue weighted by Crippen LogP contribution is -2.45. The summed E-state index contributed by atoms with van der Waals surface area (Å²) in [7, 11) is 5.62. The monoisotopic (exact) mass is 257 g/mol. The van der Waals surface area contributed by atoms with Gasteiger partial charge in [-0.2, -0.15) is 0 Å². The number of amides is 1. The van der Waals surface area contributed by atoms with Gasteiger partial charge in [-0.05, 0) is 45.3 Å². The number of piperidine rings is 1. The predicted molar refractivity (Wildman–Crippen MR) is 72.3 cm³/mol. The normalized spacial score (nSPS) is 19.8. The highest BCUT2D eigenvalue weighted by molar-refractivity contribution is 5.81. The van der Waals surface area contributed by atoms with Crippen LogP contribution in [-0.2, 0) is 9.53 Å². The highest BCUT2D eigenvalue weighted by Gasteiger charge is 2.23. The Balaban J connectivity index is 2.30. The first-order valence-electron chi connectivity index (χ1n) is 6.72. The molecule has 0 spiro atoms. The summed E-state index contributed by atoms with van der Waals surface area (Å²) in [5.41, 5.74) is 5.85. The number of nitrogens with zero attached hydrogens (tertiary/aromatic N) is 2. The summed E-state index contributed by atoms with van der Waals surface area (Å²) in [4.78, 5) is 16.1. The number of likely N-dealkylation sites (tertiary alicyclic amines) is 1. The van der Waals surface area contributed by atoms with Crippen LogP contribution in [0.4, 0.5) is 0 Å². The summed E-state index contributed by atoms with van der Waals surface area (Å²) in [5, 5.41) is 0. The van der Waals surface area contributed by atoms with Crippen molar-refractivity contribution in [3.05, 3.63) is 0 Å². The lowest BCUT2D eigenvalue weighted by molar-refractivity contribution is -0.132. The molecule has 0 aromatic carbocycles. The van der Waals surface area contributed by atoms with Crippen LogP contribution in [0.2, 0.25) is 0 Å². The van der Waals surface area contributed by atoms with Crippen molar-refractivity contribution >= 4 is 5.91 Å². The fraction of sp³-hybridized carbons (Fsp3) is 0.923. The Morgan fingerprint density at radius 1 is 1.50 bits per heavy atom. The molecule has 18 heavy (non-hydrogen) atoms. The molecule has 1 aliphatic rings. The minimum absolute atomic E-state index is 0.0333. The molecule has 0 saturated carbocycles.